The molecule has 7 aromatic rings. The Labute approximate surface area is 219 Å². The Hall–Kier alpha value is -5.15. The first-order chi connectivity index (χ1) is 18.8. The van der Waals surface area contributed by atoms with Crippen molar-refractivity contribution in [3.05, 3.63) is 133 Å². The fraction of sp³-hybridized carbons (Fsp3) is 0. The number of pyridine rings is 1. The van der Waals surface area contributed by atoms with Crippen molar-refractivity contribution in [1.29, 1.82) is 0 Å². The average Bonchev–Trinajstić information content (AvgIpc) is 3.36. The van der Waals surface area contributed by atoms with Crippen molar-refractivity contribution in [2.75, 3.05) is 4.90 Å². The van der Waals surface area contributed by atoms with E-state index in [4.69, 9.17) is 9.40 Å². The Kier molecular flexibility index (Phi) is 4.52. The van der Waals surface area contributed by atoms with E-state index in [0.29, 0.717) is 0 Å². The fourth-order valence-corrected chi connectivity index (χ4v) is 5.67. The molecule has 178 valence electrons. The van der Waals surface area contributed by atoms with Crippen molar-refractivity contribution >= 4 is 50.3 Å². The average molecular weight is 487 g/mol. The normalized spacial score (nSPS) is 12.6. The van der Waals surface area contributed by atoms with Crippen LogP contribution in [0.5, 0.6) is 0 Å². The smallest absolute Gasteiger partial charge is 0.138 e. The van der Waals surface area contributed by atoms with Crippen LogP contribution in [0.2, 0.25) is 0 Å². The molecule has 0 saturated heterocycles. The third kappa shape index (κ3) is 3.19. The molecule has 0 atom stereocenters. The second kappa shape index (κ2) is 8.19. The van der Waals surface area contributed by atoms with Crippen LogP contribution in [-0.4, -0.2) is 4.98 Å². The maximum absolute atomic E-state index is 6.25. The SMILES string of the molecule is C1=CN(c2cc(-c3ccccc3)cc(-c3ccccc3)n2)c2cccc3cc4oc5ccccc5c4c1c23. The number of nitrogens with zero attached hydrogens (tertiary/aromatic N) is 2. The van der Waals surface area contributed by atoms with Gasteiger partial charge in [-0.2, -0.15) is 0 Å². The van der Waals surface area contributed by atoms with Crippen molar-refractivity contribution in [1.82, 2.24) is 4.98 Å². The van der Waals surface area contributed by atoms with E-state index in [1.165, 1.54) is 16.5 Å². The molecule has 0 aliphatic carbocycles. The molecular formula is C35H22N2O. The minimum Gasteiger partial charge on any atom is -0.456 e. The summed E-state index contributed by atoms with van der Waals surface area (Å²) in [6.45, 7) is 0. The van der Waals surface area contributed by atoms with E-state index in [9.17, 15) is 0 Å². The second-order valence-corrected chi connectivity index (χ2v) is 9.65. The molecule has 8 rings (SSSR count). The molecule has 1 aliphatic rings. The number of hydrogen-bond donors (Lipinski definition) is 0. The van der Waals surface area contributed by atoms with Crippen LogP contribution in [0.3, 0.4) is 0 Å². The van der Waals surface area contributed by atoms with E-state index in [2.05, 4.69) is 120 Å². The number of aromatic nitrogens is 1. The second-order valence-electron chi connectivity index (χ2n) is 9.65. The zero-order chi connectivity index (χ0) is 25.1. The number of anilines is 2. The summed E-state index contributed by atoms with van der Waals surface area (Å²) in [7, 11) is 0. The van der Waals surface area contributed by atoms with Gasteiger partial charge in [-0.1, -0.05) is 91.0 Å². The van der Waals surface area contributed by atoms with Gasteiger partial charge in [0.15, 0.2) is 0 Å². The quantitative estimate of drug-likeness (QED) is 0.249. The van der Waals surface area contributed by atoms with Crippen LogP contribution in [-0.2, 0) is 0 Å². The summed E-state index contributed by atoms with van der Waals surface area (Å²) in [4.78, 5) is 7.38. The molecule has 0 fully saturated rings. The zero-order valence-electron chi connectivity index (χ0n) is 20.5. The number of furan rings is 1. The van der Waals surface area contributed by atoms with Crippen molar-refractivity contribution in [2.45, 2.75) is 0 Å². The Balaban J connectivity index is 1.38. The summed E-state index contributed by atoms with van der Waals surface area (Å²) >= 11 is 0. The van der Waals surface area contributed by atoms with E-state index in [1.54, 1.807) is 0 Å². The lowest BCUT2D eigenvalue weighted by atomic mass is 9.94. The number of rotatable bonds is 3. The molecule has 0 amide bonds. The summed E-state index contributed by atoms with van der Waals surface area (Å²) in [6.07, 6.45) is 4.35. The van der Waals surface area contributed by atoms with E-state index in [0.717, 1.165) is 55.7 Å². The highest BCUT2D eigenvalue weighted by molar-refractivity contribution is 6.19. The van der Waals surface area contributed by atoms with Gasteiger partial charge in [-0.05, 0) is 58.5 Å². The zero-order valence-corrected chi connectivity index (χ0v) is 20.5. The van der Waals surface area contributed by atoms with Gasteiger partial charge in [0.25, 0.3) is 0 Å². The topological polar surface area (TPSA) is 29.3 Å². The highest BCUT2D eigenvalue weighted by Gasteiger charge is 2.23. The standard InChI is InChI=1S/C35H22N2O/c1-3-10-23(11-4-1)26-20-29(24-12-5-2-6-13-24)36-33(22-26)37-19-18-28-34-25(14-9-16-30(34)37)21-32-35(28)27-15-7-8-17-31(27)38-32/h1-22H. The highest BCUT2D eigenvalue weighted by Crippen LogP contribution is 2.45. The van der Waals surface area contributed by atoms with Gasteiger partial charge >= 0.3 is 0 Å². The van der Waals surface area contributed by atoms with Crippen molar-refractivity contribution in [3.63, 3.8) is 0 Å². The van der Waals surface area contributed by atoms with Gasteiger partial charge in [-0.3, -0.25) is 0 Å². The monoisotopic (exact) mass is 486 g/mol. The van der Waals surface area contributed by atoms with Crippen LogP contribution >= 0.6 is 0 Å². The summed E-state index contributed by atoms with van der Waals surface area (Å²) in [5, 5.41) is 4.67. The Bertz CT molecular complexity index is 1960. The first-order valence-corrected chi connectivity index (χ1v) is 12.8. The van der Waals surface area contributed by atoms with Gasteiger partial charge in [-0.15, -0.1) is 0 Å². The van der Waals surface area contributed by atoms with Gasteiger partial charge in [-0.25, -0.2) is 4.98 Å². The number of fused-ring (bicyclic) bond motifs is 4. The lowest BCUT2D eigenvalue weighted by Gasteiger charge is -2.27. The largest absolute Gasteiger partial charge is 0.456 e. The number of para-hydroxylation sites is 1. The van der Waals surface area contributed by atoms with Gasteiger partial charge in [0, 0.05) is 27.9 Å². The highest BCUT2D eigenvalue weighted by atomic mass is 16.3. The summed E-state index contributed by atoms with van der Waals surface area (Å²) in [6, 6.07) is 42.2. The minimum absolute atomic E-state index is 0.886. The van der Waals surface area contributed by atoms with Crippen LogP contribution in [0.1, 0.15) is 5.56 Å². The molecule has 0 radical (unpaired) electrons. The van der Waals surface area contributed by atoms with E-state index in [1.807, 2.05) is 18.2 Å². The van der Waals surface area contributed by atoms with Gasteiger partial charge in [0.05, 0.1) is 11.4 Å². The van der Waals surface area contributed by atoms with Gasteiger partial charge in [0.2, 0.25) is 0 Å². The lowest BCUT2D eigenvalue weighted by Crippen LogP contribution is -2.14. The molecule has 3 nitrogen and oxygen atoms in total. The predicted octanol–water partition coefficient (Wildman–Crippen LogP) is 9.59. The predicted molar refractivity (Wildman–Crippen MR) is 158 cm³/mol. The molecule has 0 bridgehead atoms. The van der Waals surface area contributed by atoms with Crippen LogP contribution in [0.4, 0.5) is 11.5 Å². The molecule has 0 unspecified atom stereocenters. The molecule has 38 heavy (non-hydrogen) atoms. The molecule has 1 aliphatic heterocycles. The molecule has 3 heteroatoms. The molecule has 5 aromatic carbocycles. The third-order valence-corrected chi connectivity index (χ3v) is 7.41. The molecular weight excluding hydrogens is 464 g/mol. The summed E-state index contributed by atoms with van der Waals surface area (Å²) in [5.74, 6) is 0.886. The van der Waals surface area contributed by atoms with Gasteiger partial charge in [0.1, 0.15) is 17.0 Å². The molecule has 0 spiro atoms. The van der Waals surface area contributed by atoms with E-state index in [-0.39, 0.29) is 0 Å². The molecule has 2 aromatic heterocycles. The van der Waals surface area contributed by atoms with Crippen LogP contribution in [0.25, 0.3) is 61.2 Å². The maximum atomic E-state index is 6.25. The maximum Gasteiger partial charge on any atom is 0.138 e. The molecule has 0 saturated carbocycles. The number of hydrogen-bond acceptors (Lipinski definition) is 3. The summed E-state index contributed by atoms with van der Waals surface area (Å²) < 4.78 is 6.25. The van der Waals surface area contributed by atoms with Crippen LogP contribution in [0.15, 0.2) is 132 Å². The fourth-order valence-electron chi connectivity index (χ4n) is 5.67. The molecule has 0 N–H and O–H groups in total. The van der Waals surface area contributed by atoms with Crippen molar-refractivity contribution in [2.24, 2.45) is 0 Å². The molecule has 3 heterocycles. The Morgan fingerprint density at radius 2 is 1.34 bits per heavy atom. The Morgan fingerprint density at radius 3 is 2.18 bits per heavy atom. The van der Waals surface area contributed by atoms with E-state index < -0.39 is 0 Å². The first-order valence-electron chi connectivity index (χ1n) is 12.8. The lowest BCUT2D eigenvalue weighted by molar-refractivity contribution is 0.669. The Morgan fingerprint density at radius 1 is 0.579 bits per heavy atom. The van der Waals surface area contributed by atoms with Crippen molar-refractivity contribution in [3.8, 4) is 22.4 Å². The van der Waals surface area contributed by atoms with Crippen LogP contribution in [0, 0.1) is 0 Å². The van der Waals surface area contributed by atoms with Gasteiger partial charge < -0.3 is 9.32 Å². The third-order valence-electron chi connectivity index (χ3n) is 7.41. The van der Waals surface area contributed by atoms with Crippen LogP contribution < -0.4 is 4.90 Å². The van der Waals surface area contributed by atoms with Crippen molar-refractivity contribution < 1.29 is 4.42 Å². The first kappa shape index (κ1) is 21.0. The number of benzene rings is 5. The minimum atomic E-state index is 0.886. The van der Waals surface area contributed by atoms with E-state index >= 15 is 0 Å². The summed E-state index contributed by atoms with van der Waals surface area (Å²) in [5.41, 5.74) is 8.48.